The van der Waals surface area contributed by atoms with Gasteiger partial charge in [-0.05, 0) is 64.2 Å². The summed E-state index contributed by atoms with van der Waals surface area (Å²) in [5.41, 5.74) is 0. The highest BCUT2D eigenvalue weighted by molar-refractivity contribution is 7.47. The number of unbranched alkanes of at least 4 members (excludes halogenated alkanes) is 22. The van der Waals surface area contributed by atoms with Gasteiger partial charge in [-0.2, -0.15) is 0 Å². The van der Waals surface area contributed by atoms with Crippen molar-refractivity contribution in [2.75, 3.05) is 13.2 Å². The topological polar surface area (TPSA) is 338 Å². The molecule has 1 aliphatic carbocycles. The van der Waals surface area contributed by atoms with Gasteiger partial charge < -0.3 is 55.4 Å². The largest absolute Gasteiger partial charge is 0.472 e. The summed E-state index contributed by atoms with van der Waals surface area (Å²) in [5, 5.41) is 31.9. The second-order valence-electron chi connectivity index (χ2n) is 17.4. The summed E-state index contributed by atoms with van der Waals surface area (Å²) < 4.78 is 65.5. The normalized spacial score (nSPS) is 21.4. The predicted molar refractivity (Wildman–Crippen MR) is 257 cm³/mol. The van der Waals surface area contributed by atoms with Gasteiger partial charge >= 0.3 is 35.4 Å². The highest BCUT2D eigenvalue weighted by atomic mass is 31.2. The molecule has 1 fully saturated rings. The summed E-state index contributed by atoms with van der Waals surface area (Å²) in [4.78, 5) is 73.2. The van der Waals surface area contributed by atoms with Crippen LogP contribution in [0.5, 0.6) is 0 Å². The molecule has 8 atom stereocenters. The average molecular weight is 1040 g/mol. The minimum Gasteiger partial charge on any atom is -0.462 e. The molecule has 1 aliphatic rings. The molecule has 8 unspecified atom stereocenters. The molecule has 1 rings (SSSR count). The van der Waals surface area contributed by atoms with Crippen molar-refractivity contribution in [3.63, 3.8) is 0 Å². The number of phosphoric ester groups is 3. The van der Waals surface area contributed by atoms with Crippen LogP contribution in [0.2, 0.25) is 0 Å². The Morgan fingerprint density at radius 2 is 0.824 bits per heavy atom. The first kappa shape index (κ1) is 66.6. The van der Waals surface area contributed by atoms with Crippen LogP contribution < -0.4 is 6.15 Å². The molecule has 11 N–H and O–H groups in total. The number of ether oxygens (including phenoxy) is 2. The van der Waals surface area contributed by atoms with Gasteiger partial charge in [-0.25, -0.2) is 13.7 Å². The van der Waals surface area contributed by atoms with E-state index in [0.717, 1.165) is 77.0 Å². The molecule has 0 bridgehead atoms. The zero-order chi connectivity index (χ0) is 50.0. The van der Waals surface area contributed by atoms with Crippen LogP contribution in [0.1, 0.15) is 194 Å². The van der Waals surface area contributed by atoms with E-state index in [0.29, 0.717) is 12.8 Å². The second-order valence-corrected chi connectivity index (χ2v) is 21.2. The van der Waals surface area contributed by atoms with Crippen molar-refractivity contribution >= 4 is 35.4 Å². The van der Waals surface area contributed by atoms with E-state index in [1.165, 1.54) is 77.0 Å². The minimum absolute atomic E-state index is 0. The quantitative estimate of drug-likeness (QED) is 0.0119. The van der Waals surface area contributed by atoms with Crippen molar-refractivity contribution in [2.45, 2.75) is 236 Å². The Bertz CT molecular complexity index is 1510. The fourth-order valence-corrected chi connectivity index (χ4v) is 9.61. The number of hydrogen-bond acceptors (Lipinski definition) is 15. The standard InChI is InChI=1S/C45H85O19P3.H3N/c1-3-5-7-9-11-13-15-17-19-21-23-25-27-29-31-33-38(46)59-35-37(61-39(47)34-32-30-28-26-24-22-20-18-16-14-12-10-8-6-4-2)36-60-67(57,58)64-43-40(48)41(49)44(62-65(51,52)53)45(42(43)50)63-66(54,55)56;/h17-20,37,40-45,48-50H,3-16,21-36H2,1-2H3,(H,57,58)(H2,51,52,53)(H2,54,55,56);1H3/b19-17+,20-18+;. The van der Waals surface area contributed by atoms with Crippen LogP contribution in [0.15, 0.2) is 24.3 Å². The number of carbonyl (C=O) groups excluding carboxylic acids is 2. The Hall–Kier alpha value is -1.41. The lowest BCUT2D eigenvalue weighted by Crippen LogP contribution is -2.65. The molecule has 0 amide bonds. The third kappa shape index (κ3) is 34.8. The van der Waals surface area contributed by atoms with E-state index >= 15 is 0 Å². The first-order chi connectivity index (χ1) is 31.8. The summed E-state index contributed by atoms with van der Waals surface area (Å²) in [6.45, 7) is 2.93. The van der Waals surface area contributed by atoms with Crippen molar-refractivity contribution in [3.8, 4) is 0 Å². The van der Waals surface area contributed by atoms with E-state index in [1.54, 1.807) is 0 Å². The SMILES string of the molecule is CCCCCCCC/C=C/CCCCCCCC(=O)OCC(COP(=O)(O)OC1C(O)C(O)C(OP(=O)(O)O)C(OP(=O)(O)O)C1O)OC(=O)CCCCCCC/C=C/CCCCCCCC.N. The van der Waals surface area contributed by atoms with Crippen molar-refractivity contribution in [1.29, 1.82) is 0 Å². The van der Waals surface area contributed by atoms with Crippen LogP contribution in [0.25, 0.3) is 0 Å². The average Bonchev–Trinajstić information content (AvgIpc) is 3.25. The Balaban J connectivity index is 0.0000449. The number of esters is 2. The number of allylic oxidation sites excluding steroid dienone is 4. The third-order valence-electron chi connectivity index (χ3n) is 11.2. The number of rotatable bonds is 42. The van der Waals surface area contributed by atoms with Crippen LogP contribution in [0.3, 0.4) is 0 Å². The van der Waals surface area contributed by atoms with Gasteiger partial charge in [0.2, 0.25) is 0 Å². The van der Waals surface area contributed by atoms with Gasteiger partial charge in [0.15, 0.2) is 6.10 Å². The summed E-state index contributed by atoms with van der Waals surface area (Å²) >= 11 is 0. The Kier molecular flexibility index (Phi) is 38.3. The Labute approximate surface area is 405 Å². The third-order valence-corrected chi connectivity index (χ3v) is 13.3. The zero-order valence-electron chi connectivity index (χ0n) is 40.7. The number of phosphoric acid groups is 3. The van der Waals surface area contributed by atoms with Gasteiger partial charge in [-0.1, -0.05) is 141 Å². The van der Waals surface area contributed by atoms with Crippen molar-refractivity contribution < 1.29 is 90.6 Å². The number of hydrogen-bond donors (Lipinski definition) is 9. The van der Waals surface area contributed by atoms with E-state index in [9.17, 15) is 63.1 Å². The number of aliphatic hydroxyl groups is 3. The molecule has 0 aromatic rings. The molecule has 0 aliphatic heterocycles. The molecule has 0 spiro atoms. The van der Waals surface area contributed by atoms with Gasteiger partial charge in [0.1, 0.15) is 43.2 Å². The molecular weight excluding hydrogens is 951 g/mol. The molecular formula is C45H88NO19P3. The van der Waals surface area contributed by atoms with Crippen LogP contribution in [-0.4, -0.2) is 108 Å². The molecule has 0 heterocycles. The molecule has 20 nitrogen and oxygen atoms in total. The van der Waals surface area contributed by atoms with Crippen LogP contribution in [-0.2, 0) is 50.9 Å². The highest BCUT2D eigenvalue weighted by Crippen LogP contribution is 2.51. The van der Waals surface area contributed by atoms with E-state index in [2.05, 4.69) is 47.2 Å². The first-order valence-electron chi connectivity index (χ1n) is 24.6. The van der Waals surface area contributed by atoms with Crippen LogP contribution in [0.4, 0.5) is 0 Å². The summed E-state index contributed by atoms with van der Waals surface area (Å²) in [5.74, 6) is -1.31. The fourth-order valence-electron chi connectivity index (χ4n) is 7.51. The lowest BCUT2D eigenvalue weighted by molar-refractivity contribution is -0.213. The summed E-state index contributed by atoms with van der Waals surface area (Å²) in [6.07, 6.45) is 20.5. The molecule has 0 saturated heterocycles. The van der Waals surface area contributed by atoms with Crippen LogP contribution >= 0.6 is 23.5 Å². The Morgan fingerprint density at radius 1 is 0.471 bits per heavy atom. The van der Waals surface area contributed by atoms with E-state index in [-0.39, 0.29) is 19.0 Å². The molecule has 0 aromatic heterocycles. The molecule has 0 aromatic carbocycles. The van der Waals surface area contributed by atoms with E-state index in [4.69, 9.17) is 18.5 Å². The van der Waals surface area contributed by atoms with Gasteiger partial charge in [0, 0.05) is 12.8 Å². The number of carbonyl (C=O) groups is 2. The van der Waals surface area contributed by atoms with Gasteiger partial charge in [-0.15, -0.1) is 0 Å². The maximum atomic E-state index is 13.1. The monoisotopic (exact) mass is 1040 g/mol. The Morgan fingerprint density at radius 3 is 1.24 bits per heavy atom. The van der Waals surface area contributed by atoms with Crippen molar-refractivity contribution in [3.05, 3.63) is 24.3 Å². The molecule has 68 heavy (non-hydrogen) atoms. The van der Waals surface area contributed by atoms with Gasteiger partial charge in [0.25, 0.3) is 0 Å². The fraction of sp³-hybridized carbons (Fsp3) is 0.867. The van der Waals surface area contributed by atoms with Crippen molar-refractivity contribution in [1.82, 2.24) is 6.15 Å². The predicted octanol–water partition coefficient (Wildman–Crippen LogP) is 9.23. The lowest BCUT2D eigenvalue weighted by Gasteiger charge is -2.44. The summed E-state index contributed by atoms with van der Waals surface area (Å²) in [7, 11) is -16.6. The summed E-state index contributed by atoms with van der Waals surface area (Å²) in [6, 6.07) is 0. The van der Waals surface area contributed by atoms with Crippen molar-refractivity contribution in [2.24, 2.45) is 0 Å². The van der Waals surface area contributed by atoms with Gasteiger partial charge in [0.05, 0.1) is 6.61 Å². The highest BCUT2D eigenvalue weighted by Gasteiger charge is 2.56. The lowest BCUT2D eigenvalue weighted by atomic mass is 9.85. The number of aliphatic hydroxyl groups excluding tert-OH is 3. The maximum Gasteiger partial charge on any atom is 0.472 e. The molecule has 1 saturated carbocycles. The van der Waals surface area contributed by atoms with E-state index < -0.39 is 91.3 Å². The molecule has 402 valence electrons. The second kappa shape index (κ2) is 39.2. The first-order valence-corrected chi connectivity index (χ1v) is 29.2. The maximum absolute atomic E-state index is 13.1. The molecule has 23 heteroatoms. The van der Waals surface area contributed by atoms with E-state index in [1.807, 2.05) is 0 Å². The minimum atomic E-state index is -5.60. The van der Waals surface area contributed by atoms with Gasteiger partial charge in [-0.3, -0.25) is 27.7 Å². The zero-order valence-corrected chi connectivity index (χ0v) is 43.4. The van der Waals surface area contributed by atoms with Crippen LogP contribution in [0, 0.1) is 0 Å². The smallest absolute Gasteiger partial charge is 0.462 e. The molecule has 0 radical (unpaired) electrons.